The van der Waals surface area contributed by atoms with Gasteiger partial charge in [0.05, 0.1) is 30.1 Å². The monoisotopic (exact) mass is 437 g/mol. The van der Waals surface area contributed by atoms with Crippen molar-refractivity contribution in [3.05, 3.63) is 83.6 Å². The number of hydrogen-bond acceptors (Lipinski definition) is 3. The Bertz CT molecular complexity index is 1300. The van der Waals surface area contributed by atoms with Gasteiger partial charge in [0.15, 0.2) is 11.5 Å². The molecule has 0 radical (unpaired) electrons. The van der Waals surface area contributed by atoms with Crippen molar-refractivity contribution in [2.45, 2.75) is 20.0 Å². The predicted molar refractivity (Wildman–Crippen MR) is 113 cm³/mol. The van der Waals surface area contributed by atoms with Crippen molar-refractivity contribution < 1.29 is 17.9 Å². The molecule has 4 aromatic rings. The molecule has 162 valence electrons. The van der Waals surface area contributed by atoms with Gasteiger partial charge in [0, 0.05) is 18.1 Å². The van der Waals surface area contributed by atoms with Crippen molar-refractivity contribution in [1.82, 2.24) is 19.1 Å². The highest BCUT2D eigenvalue weighted by Gasteiger charge is 2.31. The molecule has 32 heavy (non-hydrogen) atoms. The van der Waals surface area contributed by atoms with E-state index in [0.717, 1.165) is 17.8 Å². The third kappa shape index (κ3) is 3.83. The van der Waals surface area contributed by atoms with Crippen LogP contribution in [0.25, 0.3) is 27.7 Å². The van der Waals surface area contributed by atoms with Gasteiger partial charge in [0.25, 0.3) is 0 Å². The molecule has 0 fully saturated rings. The smallest absolute Gasteiger partial charge is 0.416 e. The van der Waals surface area contributed by atoms with Gasteiger partial charge in [-0.15, -0.1) is 0 Å². The van der Waals surface area contributed by atoms with Crippen molar-refractivity contribution in [2.24, 2.45) is 0 Å². The Kier molecular flexibility index (Phi) is 5.45. The minimum Gasteiger partial charge on any atom is -0.465 e. The second kappa shape index (κ2) is 8.23. The SMILES string of the molecule is [C-]#[N+]c1ccc(-n2ccnc2-c2nc(OCC)n(-c3cccc(C(F)(F)F)c3)c2C)cc1. The van der Waals surface area contributed by atoms with Gasteiger partial charge in [0.2, 0.25) is 0 Å². The van der Waals surface area contributed by atoms with E-state index in [9.17, 15) is 13.2 Å². The highest BCUT2D eigenvalue weighted by Crippen LogP contribution is 2.34. The molecular weight excluding hydrogens is 419 g/mol. The fourth-order valence-electron chi connectivity index (χ4n) is 3.41. The van der Waals surface area contributed by atoms with Gasteiger partial charge in [-0.05, 0) is 44.2 Å². The van der Waals surface area contributed by atoms with E-state index < -0.39 is 11.7 Å². The van der Waals surface area contributed by atoms with E-state index in [1.54, 1.807) is 65.7 Å². The van der Waals surface area contributed by atoms with Crippen LogP contribution in [0.3, 0.4) is 0 Å². The van der Waals surface area contributed by atoms with Crippen LogP contribution in [0.2, 0.25) is 0 Å². The largest absolute Gasteiger partial charge is 0.465 e. The molecule has 4 rings (SSSR count). The Labute approximate surface area is 182 Å². The number of alkyl halides is 3. The molecule has 2 aromatic carbocycles. The highest BCUT2D eigenvalue weighted by molar-refractivity contribution is 5.61. The molecule has 0 saturated carbocycles. The van der Waals surface area contributed by atoms with Crippen LogP contribution in [0.1, 0.15) is 18.2 Å². The zero-order chi connectivity index (χ0) is 22.9. The quantitative estimate of drug-likeness (QED) is 0.360. The van der Waals surface area contributed by atoms with Crippen LogP contribution in [0.15, 0.2) is 60.9 Å². The maximum Gasteiger partial charge on any atom is 0.416 e. The maximum absolute atomic E-state index is 13.3. The zero-order valence-corrected chi connectivity index (χ0v) is 17.3. The van der Waals surface area contributed by atoms with Crippen molar-refractivity contribution in [1.29, 1.82) is 0 Å². The number of hydrogen-bond donors (Lipinski definition) is 0. The van der Waals surface area contributed by atoms with Crippen LogP contribution in [0.4, 0.5) is 18.9 Å². The van der Waals surface area contributed by atoms with Gasteiger partial charge < -0.3 is 4.74 Å². The van der Waals surface area contributed by atoms with Crippen LogP contribution in [-0.2, 0) is 6.18 Å². The van der Waals surface area contributed by atoms with E-state index in [4.69, 9.17) is 11.3 Å². The average Bonchev–Trinajstić information content (AvgIpc) is 3.38. The van der Waals surface area contributed by atoms with Gasteiger partial charge in [-0.3, -0.25) is 9.13 Å². The van der Waals surface area contributed by atoms with Crippen molar-refractivity contribution in [3.63, 3.8) is 0 Å². The summed E-state index contributed by atoms with van der Waals surface area (Å²) in [7, 11) is 0. The lowest BCUT2D eigenvalue weighted by atomic mass is 10.2. The normalized spacial score (nSPS) is 11.4. The molecule has 0 atom stereocenters. The minimum atomic E-state index is -4.47. The van der Waals surface area contributed by atoms with E-state index in [-0.39, 0.29) is 6.01 Å². The molecule has 0 amide bonds. The summed E-state index contributed by atoms with van der Waals surface area (Å²) in [5, 5.41) is 0. The third-order valence-corrected chi connectivity index (χ3v) is 4.89. The van der Waals surface area contributed by atoms with E-state index in [1.165, 1.54) is 6.07 Å². The van der Waals surface area contributed by atoms with E-state index >= 15 is 0 Å². The fourth-order valence-corrected chi connectivity index (χ4v) is 3.41. The van der Waals surface area contributed by atoms with Gasteiger partial charge in [-0.2, -0.15) is 18.2 Å². The molecule has 6 nitrogen and oxygen atoms in total. The van der Waals surface area contributed by atoms with Crippen molar-refractivity contribution in [2.75, 3.05) is 6.61 Å². The molecule has 0 saturated heterocycles. The molecule has 0 aliphatic heterocycles. The summed E-state index contributed by atoms with van der Waals surface area (Å²) in [6.45, 7) is 10.9. The Morgan fingerprint density at radius 3 is 2.50 bits per heavy atom. The third-order valence-electron chi connectivity index (χ3n) is 4.89. The molecule has 2 heterocycles. The molecule has 0 N–H and O–H groups in total. The number of nitrogens with zero attached hydrogens (tertiary/aromatic N) is 5. The number of halogens is 3. The summed E-state index contributed by atoms with van der Waals surface area (Å²) in [5.41, 5.74) is 1.88. The standard InChI is InChI=1S/C23H18F3N5O/c1-4-32-22-29-20(15(2)31(22)19-7-5-6-16(14-19)23(24,25)26)21-28-12-13-30(21)18-10-8-17(27-3)9-11-18/h5-14H,4H2,1-2H3. The van der Waals surface area contributed by atoms with Crippen LogP contribution < -0.4 is 4.74 Å². The first kappa shape index (κ1) is 21.2. The Morgan fingerprint density at radius 2 is 1.84 bits per heavy atom. The van der Waals surface area contributed by atoms with E-state index in [1.807, 2.05) is 0 Å². The molecule has 0 aliphatic carbocycles. The van der Waals surface area contributed by atoms with Crippen LogP contribution in [0.5, 0.6) is 6.01 Å². The topological polar surface area (TPSA) is 49.2 Å². The van der Waals surface area contributed by atoms with E-state index in [0.29, 0.717) is 35.2 Å². The Morgan fingerprint density at radius 1 is 1.09 bits per heavy atom. The maximum atomic E-state index is 13.3. The number of aromatic nitrogens is 4. The van der Waals surface area contributed by atoms with Gasteiger partial charge in [-0.1, -0.05) is 18.2 Å². The fraction of sp³-hybridized carbons (Fsp3) is 0.174. The second-order valence-electron chi connectivity index (χ2n) is 6.89. The first-order valence-electron chi connectivity index (χ1n) is 9.75. The van der Waals surface area contributed by atoms with E-state index in [2.05, 4.69) is 14.8 Å². The van der Waals surface area contributed by atoms with Crippen LogP contribution in [0, 0.1) is 13.5 Å². The first-order valence-corrected chi connectivity index (χ1v) is 9.75. The Hall–Kier alpha value is -4.06. The summed E-state index contributed by atoms with van der Waals surface area (Å²) in [6, 6.07) is 12.2. The average molecular weight is 437 g/mol. The summed E-state index contributed by atoms with van der Waals surface area (Å²) in [6.07, 6.45) is -1.10. The van der Waals surface area contributed by atoms with Crippen molar-refractivity contribution in [3.8, 4) is 28.9 Å². The van der Waals surface area contributed by atoms with Gasteiger partial charge >= 0.3 is 12.2 Å². The molecule has 0 unspecified atom stereocenters. The number of ether oxygens (including phenoxy) is 1. The van der Waals surface area contributed by atoms with Crippen LogP contribution in [-0.4, -0.2) is 25.7 Å². The molecule has 0 aliphatic rings. The zero-order valence-electron chi connectivity index (χ0n) is 17.3. The predicted octanol–water partition coefficient (Wildman–Crippen LogP) is 6.00. The highest BCUT2D eigenvalue weighted by atomic mass is 19.4. The second-order valence-corrected chi connectivity index (χ2v) is 6.89. The Balaban J connectivity index is 1.86. The van der Waals surface area contributed by atoms with Crippen molar-refractivity contribution >= 4 is 5.69 Å². The van der Waals surface area contributed by atoms with Gasteiger partial charge in [-0.25, -0.2) is 9.83 Å². The summed E-state index contributed by atoms with van der Waals surface area (Å²) >= 11 is 0. The lowest BCUT2D eigenvalue weighted by Crippen LogP contribution is -2.08. The lowest BCUT2D eigenvalue weighted by molar-refractivity contribution is -0.137. The summed E-state index contributed by atoms with van der Waals surface area (Å²) in [4.78, 5) is 12.4. The lowest BCUT2D eigenvalue weighted by Gasteiger charge is -2.13. The molecule has 2 aromatic heterocycles. The van der Waals surface area contributed by atoms with Crippen LogP contribution >= 0.6 is 0 Å². The molecule has 0 bridgehead atoms. The molecular formula is C23H18F3N5O. The number of benzene rings is 2. The summed E-state index contributed by atoms with van der Waals surface area (Å²) in [5.74, 6) is 0.504. The van der Waals surface area contributed by atoms with Gasteiger partial charge in [0.1, 0.15) is 5.69 Å². The number of rotatable bonds is 5. The summed E-state index contributed by atoms with van der Waals surface area (Å²) < 4.78 is 48.8. The molecule has 9 heteroatoms. The number of imidazole rings is 2. The molecule has 0 spiro atoms. The first-order chi connectivity index (χ1) is 15.3. The minimum absolute atomic E-state index is 0.178.